The summed E-state index contributed by atoms with van der Waals surface area (Å²) in [7, 11) is 0. The molecule has 0 radical (unpaired) electrons. The molecule has 18 heteroatoms. The van der Waals surface area contributed by atoms with Crippen molar-refractivity contribution >= 4 is 78.2 Å². The van der Waals surface area contributed by atoms with Gasteiger partial charge in [0.15, 0.2) is 6.61 Å². The minimum atomic E-state index is -1.05. The summed E-state index contributed by atoms with van der Waals surface area (Å²) in [6.07, 6.45) is 4.15. The van der Waals surface area contributed by atoms with E-state index in [1.165, 1.54) is 0 Å². The predicted molar refractivity (Wildman–Crippen MR) is 287 cm³/mol. The third-order valence-electron chi connectivity index (χ3n) is 10.9. The molecule has 0 unspecified atom stereocenters. The first kappa shape index (κ1) is 69.6. The molecule has 0 aliphatic rings. The van der Waals surface area contributed by atoms with Gasteiger partial charge in [-0.25, -0.2) is 4.79 Å². The van der Waals surface area contributed by atoms with Crippen molar-refractivity contribution < 1.29 is 68.9 Å². The highest BCUT2D eigenvalue weighted by Crippen LogP contribution is 2.45. The number of fused-ring (bicyclic) bond motifs is 2. The molecule has 0 saturated heterocycles. The van der Waals surface area contributed by atoms with Gasteiger partial charge in [0.05, 0.1) is 26.3 Å². The maximum absolute atomic E-state index is 14.2. The second-order valence-electron chi connectivity index (χ2n) is 17.7. The molecular weight excluding hydrogens is 970 g/mol. The number of nitrogens with two attached hydrogens (primary N) is 2. The second kappa shape index (κ2) is 36.3. The minimum Gasteiger partial charge on any atom is -1.00 e. The minimum absolute atomic E-state index is 0. The van der Waals surface area contributed by atoms with Crippen LogP contribution in [0.15, 0.2) is 72.8 Å². The predicted octanol–water partition coefficient (Wildman–Crippen LogP) is -0.394. The maximum atomic E-state index is 14.2. The van der Waals surface area contributed by atoms with Crippen molar-refractivity contribution in [3.63, 3.8) is 0 Å². The van der Waals surface area contributed by atoms with Crippen LogP contribution in [0, 0.1) is 17.8 Å². The average Bonchev–Trinajstić information content (AvgIpc) is 3.25. The highest BCUT2D eigenvalue weighted by Gasteiger charge is 2.31. The molecule has 0 spiro atoms. The number of esters is 1. The summed E-state index contributed by atoms with van der Waals surface area (Å²) >= 11 is 0. The number of amides is 3. The Balaban J connectivity index is -0.00000748. The number of hydrogen-bond acceptors (Lipinski definition) is 7. The van der Waals surface area contributed by atoms with E-state index in [9.17, 15) is 19.2 Å². The highest BCUT2D eigenvalue weighted by molar-refractivity contribution is 7.59. The Bertz CT molecular complexity index is 2200. The van der Waals surface area contributed by atoms with E-state index in [1.807, 2.05) is 82.3 Å². The third kappa shape index (κ3) is 22.6. The Hall–Kier alpha value is -4.61. The van der Waals surface area contributed by atoms with E-state index in [2.05, 4.69) is 58.7 Å². The molecule has 0 fully saturated rings. The zero-order valence-electron chi connectivity index (χ0n) is 40.6. The van der Waals surface area contributed by atoms with Gasteiger partial charge in [-0.05, 0) is 103 Å². The number of ether oxygens (including phenoxy) is 3. The van der Waals surface area contributed by atoms with Crippen molar-refractivity contribution in [2.45, 2.75) is 126 Å². The van der Waals surface area contributed by atoms with Crippen LogP contribution in [0.25, 0.3) is 32.7 Å². The van der Waals surface area contributed by atoms with Gasteiger partial charge in [0.1, 0.15) is 29.6 Å². The van der Waals surface area contributed by atoms with Crippen molar-refractivity contribution in [2.75, 3.05) is 32.9 Å². The average molecular weight is 1060 g/mol. The van der Waals surface area contributed by atoms with E-state index in [-0.39, 0.29) is 98.2 Å². The fourth-order valence-corrected chi connectivity index (χ4v) is 7.37. The molecule has 4 rings (SSSR count). The SMILES string of the molecule is C.C.CC(C)CCOC(=O)[C@H](CC(C)C)NC(=O)[C@@H](CCC[NH+]=C(N)N)NC(=O)[C@@H](CCCC[NH3+])NC(=O)COc1ccc2ccccc2c1-c1c(OCCC(C)C)ccc2ccccc12.S.S.[Cl-].[Cl-]. The van der Waals surface area contributed by atoms with Crippen LogP contribution in [-0.2, 0) is 23.9 Å². The topological polar surface area (TPSA) is 226 Å². The number of carbonyl (C=O) groups excluding carboxylic acids is 4. The number of benzene rings is 4. The number of hydrogen-bond donors (Lipinski definition) is 7. The van der Waals surface area contributed by atoms with Crippen molar-refractivity contribution in [2.24, 2.45) is 29.2 Å². The van der Waals surface area contributed by atoms with Gasteiger partial charge in [0, 0.05) is 11.1 Å². The molecule has 3 amide bonds. The molecule has 70 heavy (non-hydrogen) atoms. The molecule has 14 nitrogen and oxygen atoms in total. The molecule has 4 aromatic rings. The summed E-state index contributed by atoms with van der Waals surface area (Å²) in [6, 6.07) is 21.1. The smallest absolute Gasteiger partial charge is 0.338 e. The molecule has 0 saturated carbocycles. The van der Waals surface area contributed by atoms with E-state index in [0.29, 0.717) is 75.1 Å². The Kier molecular flexibility index (Phi) is 36.1. The third-order valence-corrected chi connectivity index (χ3v) is 10.9. The summed E-state index contributed by atoms with van der Waals surface area (Å²) in [5.74, 6) is -0.0241. The van der Waals surface area contributed by atoms with Crippen LogP contribution in [0.1, 0.15) is 108 Å². The van der Waals surface area contributed by atoms with Crippen molar-refractivity contribution in [3.05, 3.63) is 72.8 Å². The molecule has 4 aromatic carbocycles. The molecule has 396 valence electrons. The monoisotopic (exact) mass is 1050 g/mol. The fourth-order valence-electron chi connectivity index (χ4n) is 7.37. The largest absolute Gasteiger partial charge is 1.00 e. The van der Waals surface area contributed by atoms with Gasteiger partial charge >= 0.3 is 11.9 Å². The Labute approximate surface area is 444 Å². The van der Waals surface area contributed by atoms with E-state index >= 15 is 0 Å². The first-order valence-corrected chi connectivity index (χ1v) is 23.0. The van der Waals surface area contributed by atoms with Crippen LogP contribution in [0.5, 0.6) is 11.5 Å². The number of rotatable bonds is 27. The lowest BCUT2D eigenvalue weighted by Crippen LogP contribution is -3.00. The molecule has 0 aliphatic heterocycles. The number of unbranched alkanes of at least 4 members (excludes halogenated alkanes) is 1. The number of guanidine groups is 1. The van der Waals surface area contributed by atoms with Crippen LogP contribution in [0.2, 0.25) is 0 Å². The zero-order chi connectivity index (χ0) is 46.6. The Morgan fingerprint density at radius 2 is 1.09 bits per heavy atom. The second-order valence-corrected chi connectivity index (χ2v) is 17.7. The lowest BCUT2D eigenvalue weighted by molar-refractivity contribution is -0.459. The number of halogens is 2. The molecule has 0 heterocycles. The normalized spacial score (nSPS) is 11.7. The number of nitrogens with one attached hydrogen (secondary N) is 4. The van der Waals surface area contributed by atoms with Crippen LogP contribution in [0.4, 0.5) is 0 Å². The van der Waals surface area contributed by atoms with Gasteiger partial charge in [-0.2, -0.15) is 27.0 Å². The molecule has 3 atom stereocenters. The first-order valence-electron chi connectivity index (χ1n) is 23.0. The van der Waals surface area contributed by atoms with Gasteiger partial charge in [0.2, 0.25) is 11.8 Å². The maximum Gasteiger partial charge on any atom is 0.338 e. The zero-order valence-corrected chi connectivity index (χ0v) is 44.1. The molecule has 0 aliphatic carbocycles. The summed E-state index contributed by atoms with van der Waals surface area (Å²) in [5, 5.41) is 12.6. The molecular formula is C52H85Cl2N7O7S2. The fraction of sp³-hybridized carbons (Fsp3) is 0.519. The summed E-state index contributed by atoms with van der Waals surface area (Å²) in [4.78, 5) is 58.0. The van der Waals surface area contributed by atoms with E-state index < -0.39 is 41.8 Å². The number of quaternary nitrogens is 1. The van der Waals surface area contributed by atoms with E-state index in [1.54, 1.807) is 0 Å². The highest BCUT2D eigenvalue weighted by atomic mass is 35.5. The Morgan fingerprint density at radius 3 is 1.60 bits per heavy atom. The summed E-state index contributed by atoms with van der Waals surface area (Å²) in [6.45, 7) is 13.7. The lowest BCUT2D eigenvalue weighted by atomic mass is 9.92. The molecule has 0 aromatic heterocycles. The van der Waals surface area contributed by atoms with Crippen molar-refractivity contribution in [1.82, 2.24) is 16.0 Å². The lowest BCUT2D eigenvalue weighted by Gasteiger charge is -2.26. The van der Waals surface area contributed by atoms with Crippen molar-refractivity contribution in [3.8, 4) is 22.6 Å². The van der Waals surface area contributed by atoms with E-state index in [0.717, 1.165) is 45.5 Å². The van der Waals surface area contributed by atoms with Gasteiger partial charge in [-0.15, -0.1) is 0 Å². The van der Waals surface area contributed by atoms with Crippen LogP contribution < -0.4 is 72.4 Å². The van der Waals surface area contributed by atoms with Gasteiger partial charge in [-0.1, -0.05) is 117 Å². The summed E-state index contributed by atoms with van der Waals surface area (Å²) in [5.41, 5.74) is 16.8. The van der Waals surface area contributed by atoms with Gasteiger partial charge in [0.25, 0.3) is 5.91 Å². The standard InChI is InChI=1S/C50H71N7O7.2CH4.2ClH.2H2S/c1-32(2)24-28-62-42-22-20-35-14-7-9-16-37(35)45(42)46-38-17-10-8-15-36(38)21-23-43(46)64-31-44(58)55-39(18-11-12-26-51)47(59)56-40(19-13-27-54-50(52)53)48(60)57-41(30-34(5)6)49(61)63-29-25-33(3)4;;;;;;/h7-10,14-17,20-23,32-34,39-41H,11-13,18-19,24-31,51H2,1-6H3,(H,55,58)(H,56,59)(H,57,60)(H4,52,53,54);2*1H4;2*1H;2*1H2/t39-,40-,41+;;;;;;/m1....../s1. The number of carbonyl (C=O) groups is 4. The van der Waals surface area contributed by atoms with Crippen LogP contribution >= 0.6 is 27.0 Å². The Morgan fingerprint density at radius 1 is 0.600 bits per heavy atom. The van der Waals surface area contributed by atoms with Crippen molar-refractivity contribution in [1.29, 1.82) is 0 Å². The van der Waals surface area contributed by atoms with Gasteiger partial charge < -0.3 is 60.7 Å². The summed E-state index contributed by atoms with van der Waals surface area (Å²) < 4.78 is 18.4. The molecule has 11 N–H and O–H groups in total. The quantitative estimate of drug-likeness (QED) is 0.0179. The molecule has 0 bridgehead atoms. The first-order chi connectivity index (χ1) is 30.7. The van der Waals surface area contributed by atoms with Gasteiger partial charge in [-0.3, -0.25) is 30.8 Å². The van der Waals surface area contributed by atoms with E-state index in [4.69, 9.17) is 25.7 Å². The van der Waals surface area contributed by atoms with Crippen LogP contribution in [-0.4, -0.2) is 80.7 Å². The van der Waals surface area contributed by atoms with Crippen LogP contribution in [0.3, 0.4) is 0 Å².